The highest BCUT2D eigenvalue weighted by molar-refractivity contribution is 4.88. The van der Waals surface area contributed by atoms with Crippen molar-refractivity contribution in [1.82, 2.24) is 9.80 Å². The summed E-state index contributed by atoms with van der Waals surface area (Å²) in [6.45, 7) is 16.4. The van der Waals surface area contributed by atoms with Gasteiger partial charge in [0.15, 0.2) is 0 Å². The lowest BCUT2D eigenvalue weighted by molar-refractivity contribution is 0.0304. The van der Waals surface area contributed by atoms with Crippen LogP contribution in [0.4, 0.5) is 0 Å². The average molecular weight is 196 g/mol. The second-order valence-corrected chi connectivity index (χ2v) is 4.73. The monoisotopic (exact) mass is 196 g/mol. The van der Waals surface area contributed by atoms with Crippen molar-refractivity contribution in [2.75, 3.05) is 19.6 Å². The van der Waals surface area contributed by atoms with Gasteiger partial charge in [0, 0.05) is 37.8 Å². The second kappa shape index (κ2) is 4.94. The van der Waals surface area contributed by atoms with Crippen LogP contribution in [-0.4, -0.2) is 47.6 Å². The highest BCUT2D eigenvalue weighted by atomic mass is 15.3. The van der Waals surface area contributed by atoms with E-state index < -0.39 is 0 Å². The zero-order valence-corrected chi connectivity index (χ0v) is 10.0. The summed E-state index contributed by atoms with van der Waals surface area (Å²) in [5.74, 6) is 0. The third kappa shape index (κ3) is 2.58. The van der Waals surface area contributed by atoms with Crippen LogP contribution >= 0.6 is 0 Å². The first-order valence-corrected chi connectivity index (χ1v) is 5.67. The highest BCUT2D eigenvalue weighted by Gasteiger charge is 2.29. The SMILES string of the molecule is C=CCN1C[C@H](C)N(C(C)C)C[C@H]1C. The molecule has 0 radical (unpaired) electrons. The van der Waals surface area contributed by atoms with Crippen molar-refractivity contribution >= 4 is 0 Å². The van der Waals surface area contributed by atoms with Crippen LogP contribution in [0.2, 0.25) is 0 Å². The van der Waals surface area contributed by atoms with Gasteiger partial charge in [-0.05, 0) is 27.7 Å². The molecule has 14 heavy (non-hydrogen) atoms. The predicted molar refractivity (Wildman–Crippen MR) is 62.5 cm³/mol. The Labute approximate surface area is 88.6 Å². The largest absolute Gasteiger partial charge is 0.295 e. The summed E-state index contributed by atoms with van der Waals surface area (Å²) in [5, 5.41) is 0. The summed E-state index contributed by atoms with van der Waals surface area (Å²) in [6, 6.07) is 2.00. The van der Waals surface area contributed by atoms with E-state index in [1.54, 1.807) is 0 Å². The molecule has 2 atom stereocenters. The summed E-state index contributed by atoms with van der Waals surface area (Å²) in [4.78, 5) is 5.10. The van der Waals surface area contributed by atoms with E-state index in [0.29, 0.717) is 18.1 Å². The normalized spacial score (nSPS) is 30.9. The van der Waals surface area contributed by atoms with E-state index in [9.17, 15) is 0 Å². The van der Waals surface area contributed by atoms with Gasteiger partial charge in [-0.15, -0.1) is 6.58 Å². The van der Waals surface area contributed by atoms with E-state index in [1.165, 1.54) is 13.1 Å². The molecule has 1 saturated heterocycles. The Hall–Kier alpha value is -0.340. The molecule has 2 nitrogen and oxygen atoms in total. The van der Waals surface area contributed by atoms with Gasteiger partial charge in [-0.25, -0.2) is 0 Å². The van der Waals surface area contributed by atoms with Gasteiger partial charge in [0.1, 0.15) is 0 Å². The molecule has 0 aromatic carbocycles. The maximum absolute atomic E-state index is 3.81. The first-order chi connectivity index (χ1) is 6.56. The Morgan fingerprint density at radius 1 is 1.29 bits per heavy atom. The lowest BCUT2D eigenvalue weighted by Gasteiger charge is -2.45. The molecule has 1 aliphatic rings. The lowest BCUT2D eigenvalue weighted by Crippen LogP contribution is -2.58. The Balaban J connectivity index is 2.56. The summed E-state index contributed by atoms with van der Waals surface area (Å²) in [7, 11) is 0. The number of piperazine rings is 1. The van der Waals surface area contributed by atoms with E-state index in [4.69, 9.17) is 0 Å². The van der Waals surface area contributed by atoms with Gasteiger partial charge in [-0.2, -0.15) is 0 Å². The van der Waals surface area contributed by atoms with Crippen LogP contribution in [0.5, 0.6) is 0 Å². The third-order valence-corrected chi connectivity index (χ3v) is 3.19. The van der Waals surface area contributed by atoms with Crippen molar-refractivity contribution < 1.29 is 0 Å². The molecule has 1 aliphatic heterocycles. The predicted octanol–water partition coefficient (Wildman–Crippen LogP) is 1.98. The summed E-state index contributed by atoms with van der Waals surface area (Å²) >= 11 is 0. The molecule has 0 bridgehead atoms. The van der Waals surface area contributed by atoms with Crippen LogP contribution in [0.3, 0.4) is 0 Å². The molecular weight excluding hydrogens is 172 g/mol. The van der Waals surface area contributed by atoms with Gasteiger partial charge in [-0.1, -0.05) is 6.08 Å². The molecule has 2 heteroatoms. The van der Waals surface area contributed by atoms with E-state index >= 15 is 0 Å². The van der Waals surface area contributed by atoms with Crippen molar-refractivity contribution in [1.29, 1.82) is 0 Å². The minimum absolute atomic E-state index is 0.659. The van der Waals surface area contributed by atoms with Crippen molar-refractivity contribution in [2.24, 2.45) is 0 Å². The van der Waals surface area contributed by atoms with E-state index in [1.807, 2.05) is 6.08 Å². The number of hydrogen-bond acceptors (Lipinski definition) is 2. The molecule has 0 N–H and O–H groups in total. The molecule has 82 valence electrons. The van der Waals surface area contributed by atoms with Crippen LogP contribution in [0, 0.1) is 0 Å². The molecule has 0 aromatic heterocycles. The van der Waals surface area contributed by atoms with E-state index in [0.717, 1.165) is 6.54 Å². The van der Waals surface area contributed by atoms with Crippen molar-refractivity contribution in [3.8, 4) is 0 Å². The summed E-state index contributed by atoms with van der Waals surface area (Å²) in [5.41, 5.74) is 0. The Bertz CT molecular complexity index is 189. The van der Waals surface area contributed by atoms with Crippen molar-refractivity contribution in [2.45, 2.75) is 45.8 Å². The zero-order valence-electron chi connectivity index (χ0n) is 10.0. The molecule has 1 rings (SSSR count). The molecule has 1 heterocycles. The number of hydrogen-bond donors (Lipinski definition) is 0. The summed E-state index contributed by atoms with van der Waals surface area (Å²) in [6.07, 6.45) is 2.01. The highest BCUT2D eigenvalue weighted by Crippen LogP contribution is 2.17. The van der Waals surface area contributed by atoms with Crippen molar-refractivity contribution in [3.05, 3.63) is 12.7 Å². The Morgan fingerprint density at radius 3 is 2.43 bits per heavy atom. The van der Waals surface area contributed by atoms with Crippen molar-refractivity contribution in [3.63, 3.8) is 0 Å². The lowest BCUT2D eigenvalue weighted by atomic mass is 10.1. The van der Waals surface area contributed by atoms with Gasteiger partial charge in [0.05, 0.1) is 0 Å². The van der Waals surface area contributed by atoms with Crippen LogP contribution < -0.4 is 0 Å². The minimum Gasteiger partial charge on any atom is -0.295 e. The molecule has 0 aromatic rings. The fourth-order valence-corrected chi connectivity index (χ4v) is 2.36. The maximum atomic E-state index is 3.81. The Morgan fingerprint density at radius 2 is 1.93 bits per heavy atom. The molecule has 0 spiro atoms. The van der Waals surface area contributed by atoms with Crippen LogP contribution in [0.15, 0.2) is 12.7 Å². The van der Waals surface area contributed by atoms with Gasteiger partial charge >= 0.3 is 0 Å². The van der Waals surface area contributed by atoms with Gasteiger partial charge in [-0.3, -0.25) is 9.80 Å². The smallest absolute Gasteiger partial charge is 0.0199 e. The molecule has 1 fully saturated rings. The van der Waals surface area contributed by atoms with E-state index in [-0.39, 0.29) is 0 Å². The molecule has 0 unspecified atom stereocenters. The molecular formula is C12H24N2. The number of rotatable bonds is 3. The first kappa shape index (κ1) is 11.7. The molecule has 0 aliphatic carbocycles. The Kier molecular flexibility index (Phi) is 4.14. The fourth-order valence-electron chi connectivity index (χ4n) is 2.36. The maximum Gasteiger partial charge on any atom is 0.0199 e. The van der Waals surface area contributed by atoms with Crippen LogP contribution in [-0.2, 0) is 0 Å². The molecule has 0 amide bonds. The fraction of sp³-hybridized carbons (Fsp3) is 0.833. The van der Waals surface area contributed by atoms with E-state index in [2.05, 4.69) is 44.1 Å². The standard InChI is InChI=1S/C12H24N2/c1-6-7-13-8-12(5)14(10(2)3)9-11(13)4/h6,10-12H,1,7-9H2,2-5H3/t11-,12+/m1/s1. The topological polar surface area (TPSA) is 6.48 Å². The molecule has 0 saturated carbocycles. The quantitative estimate of drug-likeness (QED) is 0.637. The van der Waals surface area contributed by atoms with Crippen LogP contribution in [0.25, 0.3) is 0 Å². The first-order valence-electron chi connectivity index (χ1n) is 5.67. The second-order valence-electron chi connectivity index (χ2n) is 4.73. The minimum atomic E-state index is 0.659. The van der Waals surface area contributed by atoms with Gasteiger partial charge < -0.3 is 0 Å². The van der Waals surface area contributed by atoms with Crippen LogP contribution in [0.1, 0.15) is 27.7 Å². The van der Waals surface area contributed by atoms with Gasteiger partial charge in [0.25, 0.3) is 0 Å². The number of nitrogens with zero attached hydrogens (tertiary/aromatic N) is 2. The third-order valence-electron chi connectivity index (χ3n) is 3.19. The zero-order chi connectivity index (χ0) is 10.7. The average Bonchev–Trinajstić information content (AvgIpc) is 2.10. The van der Waals surface area contributed by atoms with Gasteiger partial charge in [0.2, 0.25) is 0 Å². The summed E-state index contributed by atoms with van der Waals surface area (Å²) < 4.78 is 0.